The molecule has 3 aliphatic rings. The third-order valence-electron chi connectivity index (χ3n) is 6.46. The molecule has 2 bridgehead atoms. The first-order valence-corrected chi connectivity index (χ1v) is 11.3. The van der Waals surface area contributed by atoms with Gasteiger partial charge in [0, 0.05) is 23.2 Å². The number of allylic oxidation sites excluding steroid dienone is 2. The van der Waals surface area contributed by atoms with Gasteiger partial charge in [0.15, 0.2) is 0 Å². The zero-order valence-electron chi connectivity index (χ0n) is 16.3. The van der Waals surface area contributed by atoms with Crippen molar-refractivity contribution in [2.24, 2.45) is 17.8 Å². The first-order chi connectivity index (χ1) is 14.0. The summed E-state index contributed by atoms with van der Waals surface area (Å²) in [4.78, 5) is 23.6. The number of carboxylic acid groups (broad SMARTS) is 1. The van der Waals surface area contributed by atoms with Gasteiger partial charge in [-0.2, -0.15) is 0 Å². The third-order valence-corrected chi connectivity index (χ3v) is 7.48. The Morgan fingerprint density at radius 3 is 2.83 bits per heavy atom. The van der Waals surface area contributed by atoms with Gasteiger partial charge in [-0.1, -0.05) is 18.2 Å². The van der Waals surface area contributed by atoms with Crippen molar-refractivity contribution < 1.29 is 19.8 Å². The Balaban J connectivity index is 1.40. The number of benzene rings is 1. The second-order valence-corrected chi connectivity index (χ2v) is 9.25. The third kappa shape index (κ3) is 4.32. The second-order valence-electron chi connectivity index (χ2n) is 8.37. The molecule has 1 aromatic heterocycles. The van der Waals surface area contributed by atoms with Crippen molar-refractivity contribution >= 4 is 33.3 Å². The van der Waals surface area contributed by atoms with Crippen LogP contribution in [0, 0.1) is 17.8 Å². The Morgan fingerprint density at radius 2 is 2.03 bits per heavy atom. The van der Waals surface area contributed by atoms with E-state index in [9.17, 15) is 14.7 Å². The summed E-state index contributed by atoms with van der Waals surface area (Å²) < 4.78 is 0.832. The number of carbonyl (C=O) groups excluding carboxylic acids is 1. The summed E-state index contributed by atoms with van der Waals surface area (Å²) >= 11 is 1.40. The van der Waals surface area contributed by atoms with Crippen molar-refractivity contribution in [3.63, 3.8) is 0 Å². The van der Waals surface area contributed by atoms with Crippen LogP contribution in [0.3, 0.4) is 0 Å². The molecule has 154 valence electrons. The smallest absolute Gasteiger partial charge is 0.303 e. The van der Waals surface area contributed by atoms with Gasteiger partial charge in [0.2, 0.25) is 0 Å². The van der Waals surface area contributed by atoms with Crippen LogP contribution in [0.5, 0.6) is 5.75 Å². The molecule has 3 aliphatic carbocycles. The average Bonchev–Trinajstić information content (AvgIpc) is 3.05. The van der Waals surface area contributed by atoms with E-state index < -0.39 is 5.97 Å². The number of amides is 1. The summed E-state index contributed by atoms with van der Waals surface area (Å²) in [6.07, 6.45) is 10.4. The highest BCUT2D eigenvalue weighted by Gasteiger charge is 2.45. The van der Waals surface area contributed by atoms with E-state index >= 15 is 0 Å². The standard InChI is InChI=1S/C23H27NO4S/c25-20-13-29-22-17(20)7-5-8-18(22)23(28)24-19-12-14-10-15(11-14)16(19)6-3-1-2-4-9-21(26)27/h1,3,5,7-8,13-16,19,25H,2,4,6,9-12H2,(H,24,28)(H,26,27)/b3-1-/t14?,15?,16-,19+/m0/s1. The normalized spacial score (nSPS) is 25.8. The quantitative estimate of drug-likeness (QED) is 0.422. The summed E-state index contributed by atoms with van der Waals surface area (Å²) in [6.45, 7) is 0. The van der Waals surface area contributed by atoms with Crippen LogP contribution < -0.4 is 5.32 Å². The number of rotatable bonds is 8. The molecule has 0 unspecified atom stereocenters. The minimum atomic E-state index is -0.747. The fourth-order valence-electron chi connectivity index (χ4n) is 4.93. The summed E-state index contributed by atoms with van der Waals surface area (Å²) in [6, 6.07) is 5.66. The van der Waals surface area contributed by atoms with Crippen molar-refractivity contribution in [3.8, 4) is 5.75 Å². The second kappa shape index (κ2) is 8.57. The predicted molar refractivity (Wildman–Crippen MR) is 114 cm³/mol. The monoisotopic (exact) mass is 413 g/mol. The predicted octanol–water partition coefficient (Wildman–Crippen LogP) is 4.95. The molecule has 0 spiro atoms. The lowest BCUT2D eigenvalue weighted by Gasteiger charge is -2.51. The summed E-state index contributed by atoms with van der Waals surface area (Å²) in [5.41, 5.74) is 0.634. The molecule has 29 heavy (non-hydrogen) atoms. The van der Waals surface area contributed by atoms with Gasteiger partial charge in [-0.05, 0) is 68.4 Å². The number of hydrogen-bond acceptors (Lipinski definition) is 4. The molecule has 2 aromatic rings. The molecule has 0 saturated heterocycles. The summed E-state index contributed by atoms with van der Waals surface area (Å²) in [5.74, 6) is 1.26. The highest BCUT2D eigenvalue weighted by atomic mass is 32.1. The van der Waals surface area contributed by atoms with Gasteiger partial charge in [-0.25, -0.2) is 0 Å². The molecule has 1 amide bonds. The molecule has 3 fully saturated rings. The van der Waals surface area contributed by atoms with Crippen molar-refractivity contribution in [2.75, 3.05) is 0 Å². The van der Waals surface area contributed by atoms with Crippen molar-refractivity contribution in [2.45, 2.75) is 51.0 Å². The maximum atomic E-state index is 13.0. The first-order valence-electron chi connectivity index (χ1n) is 10.4. The lowest BCUT2D eigenvalue weighted by atomic mass is 9.57. The maximum absolute atomic E-state index is 13.0. The molecular weight excluding hydrogens is 386 g/mol. The Labute approximate surface area is 174 Å². The van der Waals surface area contributed by atoms with E-state index in [0.29, 0.717) is 23.8 Å². The number of carbonyl (C=O) groups is 2. The van der Waals surface area contributed by atoms with Crippen LogP contribution in [-0.4, -0.2) is 28.1 Å². The van der Waals surface area contributed by atoms with E-state index in [0.717, 1.165) is 35.3 Å². The number of nitrogens with one attached hydrogen (secondary N) is 1. The van der Waals surface area contributed by atoms with E-state index in [1.807, 2.05) is 18.2 Å². The minimum Gasteiger partial charge on any atom is -0.506 e. The zero-order valence-corrected chi connectivity index (χ0v) is 17.2. The molecule has 5 rings (SSSR count). The molecular formula is C23H27NO4S. The largest absolute Gasteiger partial charge is 0.506 e. The number of carboxylic acids is 1. The minimum absolute atomic E-state index is 0.0563. The number of aliphatic carboxylic acids is 1. The van der Waals surface area contributed by atoms with Crippen LogP contribution in [0.4, 0.5) is 0 Å². The van der Waals surface area contributed by atoms with Gasteiger partial charge in [0.25, 0.3) is 5.91 Å². The Morgan fingerprint density at radius 1 is 1.21 bits per heavy atom. The van der Waals surface area contributed by atoms with E-state index in [1.165, 1.54) is 24.2 Å². The lowest BCUT2D eigenvalue weighted by molar-refractivity contribution is -0.137. The molecule has 2 atom stereocenters. The van der Waals surface area contributed by atoms with E-state index in [2.05, 4.69) is 17.5 Å². The first kappa shape index (κ1) is 20.0. The van der Waals surface area contributed by atoms with Crippen LogP contribution in [0.1, 0.15) is 55.3 Å². The molecule has 0 aliphatic heterocycles. The Bertz CT molecular complexity index is 928. The summed E-state index contributed by atoms with van der Waals surface area (Å²) in [7, 11) is 0. The van der Waals surface area contributed by atoms with Crippen molar-refractivity contribution in [3.05, 3.63) is 41.3 Å². The van der Waals surface area contributed by atoms with Gasteiger partial charge in [0.1, 0.15) is 5.75 Å². The highest BCUT2D eigenvalue weighted by molar-refractivity contribution is 7.18. The van der Waals surface area contributed by atoms with Gasteiger partial charge in [-0.3, -0.25) is 9.59 Å². The molecule has 3 N–H and O–H groups in total. The van der Waals surface area contributed by atoms with Gasteiger partial charge >= 0.3 is 5.97 Å². The van der Waals surface area contributed by atoms with Crippen LogP contribution in [0.15, 0.2) is 35.7 Å². The molecule has 1 heterocycles. The van der Waals surface area contributed by atoms with E-state index in [-0.39, 0.29) is 24.1 Å². The molecule has 6 heteroatoms. The zero-order chi connectivity index (χ0) is 20.4. The number of fused-ring (bicyclic) bond motifs is 3. The molecule has 5 nitrogen and oxygen atoms in total. The van der Waals surface area contributed by atoms with Crippen molar-refractivity contribution in [1.29, 1.82) is 0 Å². The maximum Gasteiger partial charge on any atom is 0.303 e. The van der Waals surface area contributed by atoms with Crippen molar-refractivity contribution in [1.82, 2.24) is 5.32 Å². The van der Waals surface area contributed by atoms with Gasteiger partial charge < -0.3 is 15.5 Å². The van der Waals surface area contributed by atoms with Crippen LogP contribution in [0.25, 0.3) is 10.1 Å². The topological polar surface area (TPSA) is 86.6 Å². The van der Waals surface area contributed by atoms with Gasteiger partial charge in [-0.15, -0.1) is 11.3 Å². The number of thiophene rings is 1. The fraction of sp³-hybridized carbons (Fsp3) is 0.478. The van der Waals surface area contributed by atoms with Crippen LogP contribution in [0.2, 0.25) is 0 Å². The SMILES string of the molecule is O=C(O)CCC/C=C\C[C@H]1C2CC(C2)C[C@H]1NC(=O)c1cccc2c(O)csc12. The van der Waals surface area contributed by atoms with Crippen LogP contribution >= 0.6 is 11.3 Å². The van der Waals surface area contributed by atoms with E-state index in [4.69, 9.17) is 5.11 Å². The molecule has 3 saturated carbocycles. The lowest BCUT2D eigenvalue weighted by Crippen LogP contribution is -2.52. The van der Waals surface area contributed by atoms with Crippen LogP contribution in [-0.2, 0) is 4.79 Å². The van der Waals surface area contributed by atoms with Gasteiger partial charge in [0.05, 0.1) is 10.3 Å². The molecule has 0 radical (unpaired) electrons. The number of hydrogen-bond donors (Lipinski definition) is 3. The van der Waals surface area contributed by atoms with E-state index in [1.54, 1.807) is 5.38 Å². The average molecular weight is 414 g/mol. The fourth-order valence-corrected chi connectivity index (χ4v) is 5.87. The molecule has 1 aromatic carbocycles. The highest BCUT2D eigenvalue weighted by Crippen LogP contribution is 2.50. The Hall–Kier alpha value is -2.34. The Kier molecular flexibility index (Phi) is 5.90. The summed E-state index contributed by atoms with van der Waals surface area (Å²) in [5, 5.41) is 24.4. The number of unbranched alkanes of at least 4 members (excludes halogenated alkanes) is 1. The number of aromatic hydroxyl groups is 1.